The van der Waals surface area contributed by atoms with Crippen molar-refractivity contribution in [2.75, 3.05) is 26.7 Å². The first-order valence-electron chi connectivity index (χ1n) is 12.4. The van der Waals surface area contributed by atoms with Crippen LogP contribution in [-0.2, 0) is 14.4 Å². The maximum Gasteiger partial charge on any atom is 0.245 e. The van der Waals surface area contributed by atoms with E-state index in [0.717, 1.165) is 17.7 Å². The maximum atomic E-state index is 13.1. The Kier molecular flexibility index (Phi) is 14.0. The highest BCUT2D eigenvalue weighted by Gasteiger charge is 2.40. The highest BCUT2D eigenvalue weighted by Crippen LogP contribution is 2.42. The van der Waals surface area contributed by atoms with E-state index in [1.807, 2.05) is 67.3 Å². The van der Waals surface area contributed by atoms with Crippen molar-refractivity contribution in [3.63, 3.8) is 0 Å². The van der Waals surface area contributed by atoms with E-state index in [2.05, 4.69) is 36.6 Å². The summed E-state index contributed by atoms with van der Waals surface area (Å²) in [4.78, 5) is 35.8. The van der Waals surface area contributed by atoms with Crippen molar-refractivity contribution in [1.82, 2.24) is 15.5 Å². The molecule has 2 N–H and O–H groups in total. The normalized spacial score (nSPS) is 17.0. The molecule has 7 heteroatoms. The quantitative estimate of drug-likeness (QED) is 0.534. The third-order valence-electron chi connectivity index (χ3n) is 6.07. The van der Waals surface area contributed by atoms with Gasteiger partial charge in [0.15, 0.2) is 0 Å². The van der Waals surface area contributed by atoms with Crippen molar-refractivity contribution in [2.45, 2.75) is 53.0 Å². The van der Waals surface area contributed by atoms with E-state index >= 15 is 0 Å². The average Bonchev–Trinajstić information content (AvgIpc) is 2.84. The zero-order valence-corrected chi connectivity index (χ0v) is 23.2. The number of hydrogen-bond acceptors (Lipinski definition) is 4. The molecule has 1 heterocycles. The Hall–Kier alpha value is -2.70. The van der Waals surface area contributed by atoms with Gasteiger partial charge >= 0.3 is 0 Å². The van der Waals surface area contributed by atoms with Crippen molar-refractivity contribution in [3.8, 4) is 0 Å². The van der Waals surface area contributed by atoms with Gasteiger partial charge in [-0.2, -0.15) is 0 Å². The summed E-state index contributed by atoms with van der Waals surface area (Å²) in [5.74, 6) is 0.266. The average molecular weight is 516 g/mol. The fraction of sp³-hybridized carbons (Fsp3) is 0.483. The summed E-state index contributed by atoms with van der Waals surface area (Å²) in [6.07, 6.45) is 1.65. The van der Waals surface area contributed by atoms with Gasteiger partial charge in [0.1, 0.15) is 12.3 Å². The first kappa shape index (κ1) is 31.3. The molecule has 0 radical (unpaired) electrons. The Bertz CT molecular complexity index is 890. The first-order chi connectivity index (χ1) is 17.1. The standard InChI is InChI=1S/C21H32ClN3O2.C6H6.C2H4O/c1-14(2)19(24-18(26)12-23-5)20(27)25-11-10-17(21(3,4)13-25)15-6-8-16(22)9-7-15;1-2-4-6-5-3-1;1-2-3/h6-9,14,17,19,23H,10-13H2,1-5H3,(H,24,26);1-6H;2H,1H3. The number of nitrogens with zero attached hydrogens (tertiary/aromatic N) is 1. The van der Waals surface area contributed by atoms with Crippen molar-refractivity contribution in [3.05, 3.63) is 71.2 Å². The molecule has 6 nitrogen and oxygen atoms in total. The third-order valence-corrected chi connectivity index (χ3v) is 6.32. The summed E-state index contributed by atoms with van der Waals surface area (Å²) in [6.45, 7) is 11.4. The zero-order valence-electron chi connectivity index (χ0n) is 22.5. The summed E-state index contributed by atoms with van der Waals surface area (Å²) in [7, 11) is 1.72. The van der Waals surface area contributed by atoms with Crippen LogP contribution in [0.5, 0.6) is 0 Å². The minimum Gasteiger partial charge on any atom is -0.343 e. The Morgan fingerprint density at radius 1 is 1.08 bits per heavy atom. The smallest absolute Gasteiger partial charge is 0.245 e. The monoisotopic (exact) mass is 515 g/mol. The van der Waals surface area contributed by atoms with Crippen LogP contribution in [0, 0.1) is 11.3 Å². The van der Waals surface area contributed by atoms with Crippen LogP contribution in [0.4, 0.5) is 0 Å². The van der Waals surface area contributed by atoms with Crippen molar-refractivity contribution >= 4 is 29.7 Å². The molecule has 36 heavy (non-hydrogen) atoms. The Morgan fingerprint density at radius 3 is 2.00 bits per heavy atom. The van der Waals surface area contributed by atoms with E-state index in [1.165, 1.54) is 12.5 Å². The second-order valence-corrected chi connectivity index (χ2v) is 10.3. The van der Waals surface area contributed by atoms with Crippen LogP contribution in [0.15, 0.2) is 60.7 Å². The van der Waals surface area contributed by atoms with Crippen LogP contribution >= 0.6 is 11.6 Å². The molecule has 0 saturated carbocycles. The Balaban J connectivity index is 0.000000607. The van der Waals surface area contributed by atoms with Gasteiger partial charge in [-0.25, -0.2) is 0 Å². The maximum absolute atomic E-state index is 13.1. The van der Waals surface area contributed by atoms with Crippen LogP contribution in [-0.4, -0.2) is 55.7 Å². The van der Waals surface area contributed by atoms with Gasteiger partial charge in [-0.05, 0) is 55.3 Å². The van der Waals surface area contributed by atoms with E-state index in [4.69, 9.17) is 16.4 Å². The van der Waals surface area contributed by atoms with Crippen LogP contribution in [0.1, 0.15) is 52.5 Å². The van der Waals surface area contributed by atoms with Gasteiger partial charge in [0.05, 0.1) is 6.54 Å². The van der Waals surface area contributed by atoms with Crippen molar-refractivity contribution in [2.24, 2.45) is 11.3 Å². The highest BCUT2D eigenvalue weighted by atomic mass is 35.5. The number of hydrogen-bond donors (Lipinski definition) is 2. The van der Waals surface area contributed by atoms with Gasteiger partial charge in [-0.3, -0.25) is 9.59 Å². The molecule has 1 aliphatic heterocycles. The Labute approximate surface area is 221 Å². The fourth-order valence-corrected chi connectivity index (χ4v) is 4.46. The van der Waals surface area contributed by atoms with Crippen LogP contribution in [0.25, 0.3) is 0 Å². The number of rotatable bonds is 6. The number of aldehydes is 1. The molecule has 0 aliphatic carbocycles. The Morgan fingerprint density at radius 2 is 1.58 bits per heavy atom. The molecular weight excluding hydrogens is 474 g/mol. The molecule has 0 aromatic heterocycles. The van der Waals surface area contributed by atoms with E-state index in [9.17, 15) is 9.59 Å². The molecule has 3 rings (SSSR count). The van der Waals surface area contributed by atoms with Gasteiger partial charge in [-0.1, -0.05) is 87.8 Å². The SMILES string of the molecule is CC=O.CNCC(=O)NC(C(=O)N1CCC(c2ccc(Cl)cc2)C(C)(C)C1)C(C)C.c1ccccc1. The van der Waals surface area contributed by atoms with Crippen LogP contribution < -0.4 is 10.6 Å². The summed E-state index contributed by atoms with van der Waals surface area (Å²) in [5, 5.41) is 6.45. The molecule has 2 atom stereocenters. The van der Waals surface area contributed by atoms with Gasteiger partial charge in [-0.15, -0.1) is 0 Å². The summed E-state index contributed by atoms with van der Waals surface area (Å²) in [5.41, 5.74) is 1.21. The predicted octanol–water partition coefficient (Wildman–Crippen LogP) is 4.93. The van der Waals surface area contributed by atoms with Gasteiger partial charge in [0, 0.05) is 18.1 Å². The second-order valence-electron chi connectivity index (χ2n) is 9.85. The van der Waals surface area contributed by atoms with Gasteiger partial charge < -0.3 is 20.3 Å². The molecule has 0 bridgehead atoms. The number of halogens is 1. The summed E-state index contributed by atoms with van der Waals surface area (Å²) < 4.78 is 0. The lowest BCUT2D eigenvalue weighted by Gasteiger charge is -2.45. The molecule has 198 valence electrons. The summed E-state index contributed by atoms with van der Waals surface area (Å²) in [6, 6.07) is 19.5. The topological polar surface area (TPSA) is 78.5 Å². The van der Waals surface area contributed by atoms with Crippen LogP contribution in [0.3, 0.4) is 0 Å². The lowest BCUT2D eigenvalue weighted by atomic mass is 9.70. The van der Waals surface area contributed by atoms with Crippen molar-refractivity contribution < 1.29 is 14.4 Å². The fourth-order valence-electron chi connectivity index (χ4n) is 4.34. The van der Waals surface area contributed by atoms with E-state index in [0.29, 0.717) is 19.0 Å². The number of carbonyl (C=O) groups excluding carboxylic acids is 3. The van der Waals surface area contributed by atoms with Crippen molar-refractivity contribution in [1.29, 1.82) is 0 Å². The van der Waals surface area contributed by atoms with Crippen LogP contribution in [0.2, 0.25) is 5.02 Å². The number of benzene rings is 2. The highest BCUT2D eigenvalue weighted by molar-refractivity contribution is 6.30. The molecule has 0 spiro atoms. The lowest BCUT2D eigenvalue weighted by Crippen LogP contribution is -2.56. The minimum atomic E-state index is -0.492. The van der Waals surface area contributed by atoms with Gasteiger partial charge in [0.2, 0.25) is 11.8 Å². The number of amides is 2. The summed E-state index contributed by atoms with van der Waals surface area (Å²) >= 11 is 6.02. The number of likely N-dealkylation sites (N-methyl/N-ethyl adjacent to an activating group) is 1. The third kappa shape index (κ3) is 10.5. The number of piperidine rings is 1. The molecule has 2 amide bonds. The van der Waals surface area contributed by atoms with E-state index in [-0.39, 0.29) is 29.7 Å². The molecule has 1 fully saturated rings. The molecule has 1 saturated heterocycles. The largest absolute Gasteiger partial charge is 0.343 e. The number of nitrogens with one attached hydrogen (secondary N) is 2. The van der Waals surface area contributed by atoms with Gasteiger partial charge in [0.25, 0.3) is 0 Å². The molecule has 1 aliphatic rings. The zero-order chi connectivity index (χ0) is 27.1. The second kappa shape index (κ2) is 16.1. The molecule has 2 unspecified atom stereocenters. The number of carbonyl (C=O) groups is 3. The molecule has 2 aromatic rings. The molecule has 2 aromatic carbocycles. The van der Waals surface area contributed by atoms with E-state index < -0.39 is 6.04 Å². The minimum absolute atomic E-state index is 0.0112. The number of likely N-dealkylation sites (tertiary alicyclic amines) is 1. The predicted molar refractivity (Wildman–Crippen MR) is 148 cm³/mol. The lowest BCUT2D eigenvalue weighted by molar-refractivity contribution is -0.140. The van der Waals surface area contributed by atoms with E-state index in [1.54, 1.807) is 7.05 Å². The molecular formula is C29H42ClN3O3. The first-order valence-corrected chi connectivity index (χ1v) is 12.8.